The van der Waals surface area contributed by atoms with E-state index < -0.39 is 32.5 Å². The molecule has 0 spiro atoms. The average molecular weight is 1310 g/mol. The Morgan fingerprint density at radius 3 is 0.872 bits per heavy atom. The molecule has 0 aliphatic carbocycles. The molecule has 0 saturated carbocycles. The molecule has 524 valence electrons. The highest BCUT2D eigenvalue weighted by Crippen LogP contribution is 2.43. The Morgan fingerprint density at radius 1 is 0.330 bits per heavy atom. The lowest BCUT2D eigenvalue weighted by atomic mass is 10.1. The zero-order valence-electron chi connectivity index (χ0n) is 59.6. The molecule has 0 amide bonds. The molecule has 2 unspecified atom stereocenters. The van der Waals surface area contributed by atoms with Crippen LogP contribution >= 0.6 is 7.82 Å². The maximum atomic E-state index is 12.9. The summed E-state index contributed by atoms with van der Waals surface area (Å²) in [5.41, 5.74) is 0. The molecule has 0 rings (SSSR count). The number of hydrogen-bond donors (Lipinski definition) is 1. The summed E-state index contributed by atoms with van der Waals surface area (Å²) in [5.74, 6) is -0.875. The second-order valence-electron chi connectivity index (χ2n) is 24.2. The van der Waals surface area contributed by atoms with E-state index in [2.05, 4.69) is 245 Å². The molecule has 0 heterocycles. The quantitative estimate of drug-likeness (QED) is 0.0211. The van der Waals surface area contributed by atoms with E-state index >= 15 is 0 Å². The predicted molar refractivity (Wildman–Crippen MR) is 407 cm³/mol. The zero-order chi connectivity index (χ0) is 68.3. The van der Waals surface area contributed by atoms with E-state index in [0.717, 1.165) is 161 Å². The van der Waals surface area contributed by atoms with E-state index in [1.165, 1.54) is 32.1 Å². The number of hydrogen-bond acceptors (Lipinski definition) is 7. The second kappa shape index (κ2) is 71.4. The third-order valence-electron chi connectivity index (χ3n) is 14.2. The number of rotatable bonds is 63. The van der Waals surface area contributed by atoms with Gasteiger partial charge in [0, 0.05) is 12.8 Å². The van der Waals surface area contributed by atoms with Crippen molar-refractivity contribution < 1.29 is 42.1 Å². The number of carbonyl (C=O) groups is 2. The average Bonchev–Trinajstić information content (AvgIpc) is 1.56. The van der Waals surface area contributed by atoms with E-state index in [9.17, 15) is 19.0 Å². The van der Waals surface area contributed by atoms with E-state index in [0.29, 0.717) is 23.9 Å². The van der Waals surface area contributed by atoms with Crippen LogP contribution in [0.2, 0.25) is 0 Å². The standard InChI is InChI=1S/C84H130NO8P/c1-6-8-10-12-14-16-18-20-22-24-26-28-30-32-34-36-38-40-41-42-43-45-46-48-50-52-54-56-58-60-62-64-66-68-70-72-74-76-83(86)90-80-82(81-92-94(88,89)91-79-78-85(3,4)5)93-84(87)77-75-73-71-69-67-65-63-61-59-57-55-53-51-49-47-44-39-37-35-33-31-29-27-25-23-21-19-17-15-13-11-9-7-2/h8-11,14-17,20-23,26-29,32-35,38-40,42-44,46,48-49,51-52,54-55,57,61,63,67,69,82H,6-7,12-13,18-19,24-25,30-31,36-37,41,45,47,50,53,56,58-60,62,64-66,68,70-81H2,1-5H3/p+1/b10-8-,11-9-,16-14-,17-15-,22-20-,23-21-,28-26-,29-27-,34-32-,35-33-,40-38-,43-42-,44-39-,48-46-,51-49-,54-52-,57-55-,63-61-,69-67-. The number of likely N-dealkylation sites (N-methyl/N-ethyl adjacent to an activating group) is 1. The molecule has 0 saturated heterocycles. The van der Waals surface area contributed by atoms with Gasteiger partial charge in [0.1, 0.15) is 19.8 Å². The molecule has 10 heteroatoms. The van der Waals surface area contributed by atoms with Crippen molar-refractivity contribution in [3.05, 3.63) is 231 Å². The number of quaternary nitrogens is 1. The Hall–Kier alpha value is -5.93. The molecule has 0 radical (unpaired) electrons. The largest absolute Gasteiger partial charge is 0.472 e. The molecule has 94 heavy (non-hydrogen) atoms. The van der Waals surface area contributed by atoms with Crippen molar-refractivity contribution in [2.24, 2.45) is 0 Å². The van der Waals surface area contributed by atoms with Crippen molar-refractivity contribution in [2.75, 3.05) is 47.5 Å². The number of carbonyl (C=O) groups excluding carboxylic acids is 2. The minimum atomic E-state index is -4.43. The highest BCUT2D eigenvalue weighted by atomic mass is 31.2. The van der Waals surface area contributed by atoms with Gasteiger partial charge in [-0.15, -0.1) is 0 Å². The number of esters is 2. The number of unbranched alkanes of at least 4 members (excludes halogenated alkanes) is 11. The fourth-order valence-electron chi connectivity index (χ4n) is 8.74. The van der Waals surface area contributed by atoms with E-state index in [1.807, 2.05) is 21.1 Å². The first kappa shape index (κ1) is 88.1. The summed E-state index contributed by atoms with van der Waals surface area (Å²) in [6, 6.07) is 0. The van der Waals surface area contributed by atoms with Crippen molar-refractivity contribution >= 4 is 19.8 Å². The van der Waals surface area contributed by atoms with Crippen molar-refractivity contribution in [3.8, 4) is 0 Å². The molecular weight excluding hydrogens is 1180 g/mol. The van der Waals surface area contributed by atoms with Gasteiger partial charge in [-0.1, -0.05) is 290 Å². The van der Waals surface area contributed by atoms with Crippen molar-refractivity contribution in [2.45, 2.75) is 238 Å². The minimum absolute atomic E-state index is 0.00862. The van der Waals surface area contributed by atoms with Crippen molar-refractivity contribution in [1.29, 1.82) is 0 Å². The Labute approximate surface area is 575 Å². The van der Waals surface area contributed by atoms with Crippen LogP contribution in [0.15, 0.2) is 231 Å². The van der Waals surface area contributed by atoms with Crippen LogP contribution < -0.4 is 0 Å². The summed E-state index contributed by atoms with van der Waals surface area (Å²) in [6.45, 7) is 4.11. The summed E-state index contributed by atoms with van der Waals surface area (Å²) in [5, 5.41) is 0. The first-order chi connectivity index (χ1) is 46.0. The van der Waals surface area contributed by atoms with E-state index in [1.54, 1.807) is 0 Å². The van der Waals surface area contributed by atoms with Crippen LogP contribution in [0.5, 0.6) is 0 Å². The molecule has 0 aromatic heterocycles. The number of allylic oxidation sites excluding steroid dienone is 38. The minimum Gasteiger partial charge on any atom is -0.462 e. The fourth-order valence-corrected chi connectivity index (χ4v) is 9.48. The van der Waals surface area contributed by atoms with Gasteiger partial charge in [0.25, 0.3) is 0 Å². The Morgan fingerprint density at radius 2 is 0.574 bits per heavy atom. The normalized spacial score (nSPS) is 14.5. The van der Waals surface area contributed by atoms with Crippen LogP contribution in [-0.4, -0.2) is 74.9 Å². The Bertz CT molecular complexity index is 2440. The topological polar surface area (TPSA) is 108 Å². The fraction of sp³-hybridized carbons (Fsp3) is 0.524. The maximum Gasteiger partial charge on any atom is 0.472 e. The van der Waals surface area contributed by atoms with Crippen LogP contribution in [0, 0.1) is 0 Å². The second-order valence-corrected chi connectivity index (χ2v) is 25.6. The zero-order valence-corrected chi connectivity index (χ0v) is 60.5. The van der Waals surface area contributed by atoms with Crippen LogP contribution in [0.1, 0.15) is 232 Å². The van der Waals surface area contributed by atoms with Gasteiger partial charge in [-0.2, -0.15) is 0 Å². The first-order valence-electron chi connectivity index (χ1n) is 36.1. The number of phosphoric acid groups is 1. The molecule has 0 aromatic rings. The third kappa shape index (κ3) is 75.1. The number of phosphoric ester groups is 1. The van der Waals surface area contributed by atoms with Crippen molar-refractivity contribution in [1.82, 2.24) is 0 Å². The van der Waals surface area contributed by atoms with Crippen LogP contribution in [-0.2, 0) is 32.7 Å². The van der Waals surface area contributed by atoms with Gasteiger partial charge in [0.05, 0.1) is 27.7 Å². The van der Waals surface area contributed by atoms with Gasteiger partial charge in [-0.25, -0.2) is 4.57 Å². The monoisotopic (exact) mass is 1310 g/mol. The smallest absolute Gasteiger partial charge is 0.462 e. The summed E-state index contributed by atoms with van der Waals surface area (Å²) in [6.07, 6.45) is 116. The summed E-state index contributed by atoms with van der Waals surface area (Å²) in [7, 11) is 1.41. The lowest BCUT2D eigenvalue weighted by Gasteiger charge is -2.24. The van der Waals surface area contributed by atoms with Crippen LogP contribution in [0.3, 0.4) is 0 Å². The molecule has 9 nitrogen and oxygen atoms in total. The Balaban J connectivity index is 4.23. The number of nitrogens with zero attached hydrogens (tertiary/aromatic N) is 1. The third-order valence-corrected chi connectivity index (χ3v) is 15.2. The van der Waals surface area contributed by atoms with Gasteiger partial charge in [-0.3, -0.25) is 18.6 Å². The molecular formula is C84H131NO8P+. The molecule has 2 atom stereocenters. The first-order valence-corrected chi connectivity index (χ1v) is 37.6. The van der Waals surface area contributed by atoms with Gasteiger partial charge in [0.2, 0.25) is 0 Å². The van der Waals surface area contributed by atoms with Crippen LogP contribution in [0.25, 0.3) is 0 Å². The van der Waals surface area contributed by atoms with E-state index in [4.69, 9.17) is 18.5 Å². The van der Waals surface area contributed by atoms with Crippen LogP contribution in [0.4, 0.5) is 0 Å². The molecule has 0 aromatic carbocycles. The molecule has 0 bridgehead atoms. The number of ether oxygens (including phenoxy) is 2. The lowest BCUT2D eigenvalue weighted by molar-refractivity contribution is -0.870. The summed E-state index contributed by atoms with van der Waals surface area (Å²) in [4.78, 5) is 35.9. The summed E-state index contributed by atoms with van der Waals surface area (Å²) >= 11 is 0. The SMILES string of the molecule is CC/C=C\C/C=C\C/C=C\C/C=C\C/C=C\C/C=C\C/C=C\C/C=C\C/C=C\C/C=C\CCCCC(=O)OC(COC(=O)CCCCCCCCCCC/C=C\C/C=C\C/C=C\C/C=C\C/C=C\C/C=C\C/C=C\C/C=C\C/C=C\CC)COP(=O)(O)OCC[N+](C)(C)C. The van der Waals surface area contributed by atoms with Gasteiger partial charge in [0.15, 0.2) is 6.10 Å². The summed E-state index contributed by atoms with van der Waals surface area (Å²) < 4.78 is 34.6. The Kier molecular flexibility index (Phi) is 66.9. The molecule has 1 N–H and O–H groups in total. The van der Waals surface area contributed by atoms with Gasteiger partial charge in [-0.05, 0) is 161 Å². The maximum absolute atomic E-state index is 12.9. The molecule has 0 fully saturated rings. The predicted octanol–water partition coefficient (Wildman–Crippen LogP) is 24.2. The van der Waals surface area contributed by atoms with Crippen molar-refractivity contribution in [3.63, 3.8) is 0 Å². The van der Waals surface area contributed by atoms with E-state index in [-0.39, 0.29) is 26.1 Å². The highest BCUT2D eigenvalue weighted by molar-refractivity contribution is 7.47. The van der Waals surface area contributed by atoms with Gasteiger partial charge < -0.3 is 18.9 Å². The van der Waals surface area contributed by atoms with Gasteiger partial charge >= 0.3 is 19.8 Å². The lowest BCUT2D eigenvalue weighted by Crippen LogP contribution is -2.37. The molecule has 0 aliphatic heterocycles. The molecule has 0 aliphatic rings. The highest BCUT2D eigenvalue weighted by Gasteiger charge is 2.27.